The summed E-state index contributed by atoms with van der Waals surface area (Å²) in [6.07, 6.45) is 2.75. The van der Waals surface area contributed by atoms with E-state index in [0.29, 0.717) is 12.2 Å². The van der Waals surface area contributed by atoms with Crippen LogP contribution in [-0.2, 0) is 19.1 Å². The lowest BCUT2D eigenvalue weighted by atomic mass is 10.1. The van der Waals surface area contributed by atoms with Crippen molar-refractivity contribution >= 4 is 23.3 Å². The fourth-order valence-electron chi connectivity index (χ4n) is 3.86. The van der Waals surface area contributed by atoms with E-state index in [1.165, 1.54) is 35.1 Å². The third-order valence-electron chi connectivity index (χ3n) is 5.68. The van der Waals surface area contributed by atoms with E-state index in [2.05, 4.69) is 27.0 Å². The van der Waals surface area contributed by atoms with Gasteiger partial charge in [0, 0.05) is 31.4 Å². The van der Waals surface area contributed by atoms with E-state index in [1.54, 1.807) is 26.8 Å². The van der Waals surface area contributed by atoms with Gasteiger partial charge in [0.05, 0.1) is 29.2 Å². The number of alkyl halides is 3. The summed E-state index contributed by atoms with van der Waals surface area (Å²) in [7, 11) is 0. The fraction of sp³-hybridized carbons (Fsp3) is 0.464. The molecule has 2 rings (SSSR count). The first kappa shape index (κ1) is 32.4. The zero-order valence-corrected chi connectivity index (χ0v) is 23.3. The quantitative estimate of drug-likeness (QED) is 0.161. The van der Waals surface area contributed by atoms with Gasteiger partial charge in [0.1, 0.15) is 11.6 Å². The third kappa shape index (κ3) is 10.0. The van der Waals surface area contributed by atoms with Crippen molar-refractivity contribution < 1.29 is 36.6 Å². The van der Waals surface area contributed by atoms with Crippen LogP contribution in [0, 0.1) is 5.92 Å². The summed E-state index contributed by atoms with van der Waals surface area (Å²) in [5.74, 6) is -2.88. The number of hydrogen-bond acceptors (Lipinski definition) is 5. The molecule has 0 aromatic carbocycles. The average Bonchev–Trinajstić information content (AvgIpc) is 3.47. The van der Waals surface area contributed by atoms with Gasteiger partial charge in [-0.15, -0.1) is 18.3 Å². The van der Waals surface area contributed by atoms with Crippen LogP contribution < -0.4 is 10.6 Å². The molecule has 12 heteroatoms. The van der Waals surface area contributed by atoms with Crippen LogP contribution in [0.15, 0.2) is 60.4 Å². The Hall–Kier alpha value is -3.83. The topological polar surface area (TPSA) is 94.5 Å². The molecule has 2 heterocycles. The number of halogens is 4. The van der Waals surface area contributed by atoms with Crippen molar-refractivity contribution in [1.29, 1.82) is 0 Å². The Labute approximate surface area is 231 Å². The van der Waals surface area contributed by atoms with Gasteiger partial charge in [-0.05, 0) is 51.5 Å². The molecule has 1 fully saturated rings. The van der Waals surface area contributed by atoms with Gasteiger partial charge in [-0.1, -0.05) is 26.5 Å². The van der Waals surface area contributed by atoms with Crippen LogP contribution in [0.2, 0.25) is 0 Å². The molecule has 2 amide bonds. The third-order valence-corrected chi connectivity index (χ3v) is 5.68. The first-order chi connectivity index (χ1) is 18.7. The second kappa shape index (κ2) is 14.5. The molecule has 40 heavy (non-hydrogen) atoms. The van der Waals surface area contributed by atoms with Gasteiger partial charge in [-0.2, -0.15) is 0 Å². The summed E-state index contributed by atoms with van der Waals surface area (Å²) in [6, 6.07) is 1.43. The van der Waals surface area contributed by atoms with Crippen molar-refractivity contribution in [3.8, 4) is 0 Å². The molecule has 220 valence electrons. The molecule has 1 aromatic heterocycles. The van der Waals surface area contributed by atoms with E-state index < -0.39 is 35.7 Å². The second-order valence-electron chi connectivity index (χ2n) is 9.40. The number of anilines is 1. The first-order valence-corrected chi connectivity index (χ1v) is 12.9. The Bertz CT molecular complexity index is 1200. The number of rotatable bonds is 13. The maximum atomic E-state index is 14.8. The summed E-state index contributed by atoms with van der Waals surface area (Å²) in [4.78, 5) is 24.2. The highest BCUT2D eigenvalue weighted by Gasteiger charge is 2.32. The Morgan fingerprint density at radius 1 is 1.35 bits per heavy atom. The Morgan fingerprint density at radius 2 is 2.05 bits per heavy atom. The standard InChI is InChI=1S/C28H36F4N4O4/c1-7-9-10-22(40-28(30,31)32)13-18(5)24-15-25(34-27(38)20-14-26(37)33-16-20)35-36(24)23(19(6)29)12-11-21(8-2)39-17(3)4/h8-10,12-13,15,17-18,20H,6-7,11,14,16H2,1-5H3,(H,33,37)(H,34,35,38)/b10-9-,21-8+,22-13+,23-12+. The van der Waals surface area contributed by atoms with Crippen molar-refractivity contribution in [3.05, 3.63) is 66.1 Å². The number of carbonyl (C=O) groups excluding carboxylic acids is 2. The molecule has 0 bridgehead atoms. The van der Waals surface area contributed by atoms with E-state index in [-0.39, 0.29) is 48.6 Å². The average molecular weight is 569 g/mol. The Morgan fingerprint density at radius 3 is 2.58 bits per heavy atom. The number of hydrogen-bond donors (Lipinski definition) is 2. The van der Waals surface area contributed by atoms with Gasteiger partial charge >= 0.3 is 6.36 Å². The Kier molecular flexibility index (Phi) is 11.8. The molecule has 0 spiro atoms. The van der Waals surface area contributed by atoms with Crippen LogP contribution in [0.25, 0.3) is 5.70 Å². The lowest BCUT2D eigenvalue weighted by molar-refractivity contribution is -0.303. The second-order valence-corrected chi connectivity index (χ2v) is 9.40. The van der Waals surface area contributed by atoms with Crippen molar-refractivity contribution in [2.45, 2.75) is 72.3 Å². The van der Waals surface area contributed by atoms with Crippen molar-refractivity contribution in [1.82, 2.24) is 15.1 Å². The summed E-state index contributed by atoms with van der Waals surface area (Å²) in [6.45, 7) is 12.4. The van der Waals surface area contributed by atoms with Crippen LogP contribution >= 0.6 is 0 Å². The van der Waals surface area contributed by atoms with E-state index in [9.17, 15) is 27.2 Å². The maximum Gasteiger partial charge on any atom is 0.573 e. The van der Waals surface area contributed by atoms with Gasteiger partial charge in [0.15, 0.2) is 5.82 Å². The van der Waals surface area contributed by atoms with Gasteiger partial charge < -0.3 is 20.1 Å². The molecule has 1 aliphatic rings. The molecular formula is C28H36F4N4O4. The number of carbonyl (C=O) groups is 2. The highest BCUT2D eigenvalue weighted by molar-refractivity contribution is 5.96. The molecule has 0 radical (unpaired) electrons. The summed E-state index contributed by atoms with van der Waals surface area (Å²) in [5.41, 5.74) is 0.170. The van der Waals surface area contributed by atoms with Crippen molar-refractivity contribution in [2.75, 3.05) is 11.9 Å². The molecule has 0 saturated carbocycles. The van der Waals surface area contributed by atoms with Crippen molar-refractivity contribution in [2.24, 2.45) is 5.92 Å². The van der Waals surface area contributed by atoms with Crippen molar-refractivity contribution in [3.63, 3.8) is 0 Å². The van der Waals surface area contributed by atoms with E-state index >= 15 is 0 Å². The highest BCUT2D eigenvalue weighted by Crippen LogP contribution is 2.31. The predicted octanol–water partition coefficient (Wildman–Crippen LogP) is 6.49. The van der Waals surface area contributed by atoms with Gasteiger partial charge in [0.25, 0.3) is 0 Å². The number of amides is 2. The van der Waals surface area contributed by atoms with Crippen LogP contribution in [0.4, 0.5) is 23.4 Å². The number of allylic oxidation sites excluding steroid dienone is 7. The molecule has 2 unspecified atom stereocenters. The number of nitrogens with zero attached hydrogens (tertiary/aromatic N) is 2. The van der Waals surface area contributed by atoms with E-state index in [0.717, 1.165) is 0 Å². The van der Waals surface area contributed by atoms with Gasteiger partial charge in [-0.3, -0.25) is 9.59 Å². The largest absolute Gasteiger partial charge is 0.573 e. The highest BCUT2D eigenvalue weighted by atomic mass is 19.4. The number of aromatic nitrogens is 2. The SMILES string of the molecule is C=C(F)/C(=C\C/C(=C\C)OC(C)C)n1nc(NC(=O)C2CNC(=O)C2)cc1C(C)/C=C(\C=C/CC)OC(F)(F)F. The minimum absolute atomic E-state index is 0.00879. The smallest absolute Gasteiger partial charge is 0.495 e. The minimum Gasteiger partial charge on any atom is -0.495 e. The molecule has 1 aliphatic heterocycles. The van der Waals surface area contributed by atoms with Crippen LogP contribution in [0.1, 0.15) is 65.5 Å². The zero-order valence-electron chi connectivity index (χ0n) is 23.3. The molecular weight excluding hydrogens is 532 g/mol. The van der Waals surface area contributed by atoms with Crippen LogP contribution in [0.5, 0.6) is 0 Å². The molecule has 1 saturated heterocycles. The van der Waals surface area contributed by atoms with Crippen LogP contribution in [0.3, 0.4) is 0 Å². The molecule has 0 aliphatic carbocycles. The van der Waals surface area contributed by atoms with E-state index in [1.807, 2.05) is 13.8 Å². The van der Waals surface area contributed by atoms with Crippen LogP contribution in [-0.4, -0.2) is 40.6 Å². The maximum absolute atomic E-state index is 14.8. The van der Waals surface area contributed by atoms with Gasteiger partial charge in [0.2, 0.25) is 11.8 Å². The fourth-order valence-corrected chi connectivity index (χ4v) is 3.86. The zero-order chi connectivity index (χ0) is 30.0. The minimum atomic E-state index is -4.92. The number of ether oxygens (including phenoxy) is 2. The first-order valence-electron chi connectivity index (χ1n) is 12.9. The van der Waals surface area contributed by atoms with E-state index in [4.69, 9.17) is 4.74 Å². The molecule has 2 atom stereocenters. The molecule has 1 aromatic rings. The van der Waals surface area contributed by atoms with Gasteiger partial charge in [-0.25, -0.2) is 9.07 Å². The monoisotopic (exact) mass is 568 g/mol. The summed E-state index contributed by atoms with van der Waals surface area (Å²) >= 11 is 0. The lowest BCUT2D eigenvalue weighted by Gasteiger charge is -2.16. The lowest BCUT2D eigenvalue weighted by Crippen LogP contribution is -2.24. The molecule has 2 N–H and O–H groups in total. The normalized spacial score (nSPS) is 17.8. The Balaban J connectivity index is 2.56. The summed E-state index contributed by atoms with van der Waals surface area (Å²) in [5, 5.41) is 9.52. The molecule has 8 nitrogen and oxygen atoms in total. The predicted molar refractivity (Wildman–Crippen MR) is 144 cm³/mol. The summed E-state index contributed by atoms with van der Waals surface area (Å²) < 4.78 is 65.0. The number of nitrogens with one attached hydrogen (secondary N) is 2.